The zero-order valence-electron chi connectivity index (χ0n) is 18.6. The zero-order valence-corrected chi connectivity index (χ0v) is 18.6. The number of hydrogen-bond acceptors (Lipinski definition) is 2. The Kier molecular flexibility index (Phi) is 5.69. The fourth-order valence-electron chi connectivity index (χ4n) is 4.84. The molecule has 1 N–H and O–H groups in total. The van der Waals surface area contributed by atoms with E-state index in [0.29, 0.717) is 19.5 Å². The third kappa shape index (κ3) is 4.14. The quantitative estimate of drug-likeness (QED) is 0.487. The van der Waals surface area contributed by atoms with Gasteiger partial charge in [0.05, 0.1) is 5.92 Å². The Morgan fingerprint density at radius 3 is 2.27 bits per heavy atom. The summed E-state index contributed by atoms with van der Waals surface area (Å²) in [5.74, 6) is -0.437. The van der Waals surface area contributed by atoms with E-state index in [0.717, 1.165) is 27.6 Å². The molecule has 2 amide bonds. The lowest BCUT2D eigenvalue weighted by atomic mass is 9.95. The fourth-order valence-corrected chi connectivity index (χ4v) is 4.84. The van der Waals surface area contributed by atoms with E-state index in [-0.39, 0.29) is 17.7 Å². The lowest BCUT2D eigenvalue weighted by Crippen LogP contribution is -2.44. The van der Waals surface area contributed by atoms with Gasteiger partial charge in [0.2, 0.25) is 11.8 Å². The first kappa shape index (κ1) is 21.0. The Bertz CT molecular complexity index is 1280. The van der Waals surface area contributed by atoms with Gasteiger partial charge in [-0.15, -0.1) is 0 Å². The maximum Gasteiger partial charge on any atom is 0.243 e. The predicted molar refractivity (Wildman–Crippen MR) is 129 cm³/mol. The van der Waals surface area contributed by atoms with E-state index in [1.807, 2.05) is 86.0 Å². The van der Waals surface area contributed by atoms with Crippen molar-refractivity contribution in [2.45, 2.75) is 31.5 Å². The van der Waals surface area contributed by atoms with E-state index in [1.54, 1.807) is 4.90 Å². The average molecular weight is 438 g/mol. The molecule has 33 heavy (non-hydrogen) atoms. The molecule has 1 aromatic heterocycles. The average Bonchev–Trinajstić information content (AvgIpc) is 3.36. The van der Waals surface area contributed by atoms with Crippen molar-refractivity contribution in [2.75, 3.05) is 0 Å². The van der Waals surface area contributed by atoms with Crippen LogP contribution in [0.3, 0.4) is 0 Å². The molecule has 0 spiro atoms. The summed E-state index contributed by atoms with van der Waals surface area (Å²) in [6.45, 7) is 0.868. The first-order valence-corrected chi connectivity index (χ1v) is 11.3. The molecule has 0 unspecified atom stereocenters. The summed E-state index contributed by atoms with van der Waals surface area (Å²) in [5.41, 5.74) is 4.14. The smallest absolute Gasteiger partial charge is 0.243 e. The molecule has 1 fully saturated rings. The van der Waals surface area contributed by atoms with Crippen LogP contribution < -0.4 is 5.32 Å². The van der Waals surface area contributed by atoms with Crippen LogP contribution in [0.2, 0.25) is 0 Å². The van der Waals surface area contributed by atoms with Crippen molar-refractivity contribution in [3.63, 3.8) is 0 Å². The first-order valence-electron chi connectivity index (χ1n) is 11.3. The number of rotatable bonds is 6. The van der Waals surface area contributed by atoms with E-state index in [2.05, 4.69) is 22.0 Å². The third-order valence-electron chi connectivity index (χ3n) is 6.53. The molecular weight excluding hydrogens is 410 g/mol. The largest absolute Gasteiger partial charge is 0.350 e. The van der Waals surface area contributed by atoms with Crippen LogP contribution in [0.25, 0.3) is 10.9 Å². The van der Waals surface area contributed by atoms with Crippen molar-refractivity contribution < 1.29 is 9.59 Å². The topological polar surface area (TPSA) is 54.3 Å². The van der Waals surface area contributed by atoms with E-state index in [9.17, 15) is 9.59 Å². The van der Waals surface area contributed by atoms with Gasteiger partial charge in [0.25, 0.3) is 0 Å². The molecule has 1 aliphatic rings. The number of nitrogens with one attached hydrogen (secondary N) is 1. The SMILES string of the molecule is Cn1cc([C@H]2C[C@H](C(=O)NCc3ccccc3)N(Cc3ccccc3)C2=O)c2ccccc21. The second-order valence-corrected chi connectivity index (χ2v) is 8.67. The van der Waals surface area contributed by atoms with Gasteiger partial charge >= 0.3 is 0 Å². The number of likely N-dealkylation sites (tertiary alicyclic amines) is 1. The van der Waals surface area contributed by atoms with Gasteiger partial charge in [-0.2, -0.15) is 0 Å². The lowest BCUT2D eigenvalue weighted by Gasteiger charge is -2.24. The summed E-state index contributed by atoms with van der Waals surface area (Å²) in [7, 11) is 2.00. The first-order chi connectivity index (χ1) is 16.1. The Morgan fingerprint density at radius 2 is 1.55 bits per heavy atom. The van der Waals surface area contributed by atoms with Gasteiger partial charge in [0.1, 0.15) is 6.04 Å². The van der Waals surface area contributed by atoms with Crippen LogP contribution in [0, 0.1) is 0 Å². The van der Waals surface area contributed by atoms with Crippen LogP contribution in [-0.4, -0.2) is 27.3 Å². The molecule has 5 rings (SSSR count). The van der Waals surface area contributed by atoms with Crippen LogP contribution in [0.4, 0.5) is 0 Å². The number of para-hydroxylation sites is 1. The number of carbonyl (C=O) groups is 2. The number of benzene rings is 3. The molecule has 5 nitrogen and oxygen atoms in total. The van der Waals surface area contributed by atoms with Crippen molar-refractivity contribution >= 4 is 22.7 Å². The molecule has 2 heterocycles. The summed E-state index contributed by atoms with van der Waals surface area (Å²) in [6, 6.07) is 27.3. The standard InChI is InChI=1S/C28H27N3O2/c1-30-19-24(22-14-8-9-15-25(22)30)23-16-26(27(32)29-17-20-10-4-2-5-11-20)31(28(23)33)18-21-12-6-3-7-13-21/h2-15,19,23,26H,16-18H2,1H3,(H,29,32)/t23-,26-/m1/s1. The summed E-state index contributed by atoms with van der Waals surface area (Å²) in [5, 5.41) is 4.13. The molecule has 0 aliphatic carbocycles. The molecule has 3 aromatic carbocycles. The highest BCUT2D eigenvalue weighted by Gasteiger charge is 2.44. The minimum atomic E-state index is -0.509. The Morgan fingerprint density at radius 1 is 0.909 bits per heavy atom. The van der Waals surface area contributed by atoms with Gasteiger partial charge in [-0.1, -0.05) is 78.9 Å². The highest BCUT2D eigenvalue weighted by molar-refractivity contribution is 5.98. The van der Waals surface area contributed by atoms with E-state index >= 15 is 0 Å². The minimum Gasteiger partial charge on any atom is -0.350 e. The summed E-state index contributed by atoms with van der Waals surface area (Å²) < 4.78 is 2.06. The Labute approximate surface area is 193 Å². The normalized spacial score (nSPS) is 18.1. The highest BCUT2D eigenvalue weighted by Crippen LogP contribution is 2.38. The Balaban J connectivity index is 1.44. The molecule has 2 atom stereocenters. The summed E-state index contributed by atoms with van der Waals surface area (Å²) in [4.78, 5) is 28.7. The number of carbonyl (C=O) groups excluding carboxylic acids is 2. The molecule has 1 saturated heterocycles. The van der Waals surface area contributed by atoms with Gasteiger partial charge in [0.15, 0.2) is 0 Å². The molecule has 5 heteroatoms. The second-order valence-electron chi connectivity index (χ2n) is 8.67. The van der Waals surface area contributed by atoms with E-state index < -0.39 is 6.04 Å². The van der Waals surface area contributed by atoms with Crippen LogP contribution in [0.5, 0.6) is 0 Å². The number of hydrogen-bond donors (Lipinski definition) is 1. The monoisotopic (exact) mass is 437 g/mol. The van der Waals surface area contributed by atoms with Crippen LogP contribution >= 0.6 is 0 Å². The van der Waals surface area contributed by atoms with Crippen molar-refractivity contribution in [3.05, 3.63) is 108 Å². The maximum absolute atomic E-state index is 13.7. The number of nitrogens with zero attached hydrogens (tertiary/aromatic N) is 2. The molecular formula is C28H27N3O2. The predicted octanol–water partition coefficient (Wildman–Crippen LogP) is 4.38. The van der Waals surface area contributed by atoms with Crippen molar-refractivity contribution in [3.8, 4) is 0 Å². The highest BCUT2D eigenvalue weighted by atomic mass is 16.2. The molecule has 4 aromatic rings. The van der Waals surface area contributed by atoms with Crippen LogP contribution in [0.1, 0.15) is 29.0 Å². The van der Waals surface area contributed by atoms with Crippen molar-refractivity contribution in [1.82, 2.24) is 14.8 Å². The molecule has 166 valence electrons. The van der Waals surface area contributed by atoms with E-state index in [4.69, 9.17) is 0 Å². The van der Waals surface area contributed by atoms with Gasteiger partial charge in [-0.3, -0.25) is 9.59 Å². The van der Waals surface area contributed by atoms with Crippen molar-refractivity contribution in [1.29, 1.82) is 0 Å². The maximum atomic E-state index is 13.7. The molecule has 1 aliphatic heterocycles. The van der Waals surface area contributed by atoms with Gasteiger partial charge in [0, 0.05) is 37.2 Å². The second kappa shape index (κ2) is 8.94. The van der Waals surface area contributed by atoms with Gasteiger partial charge < -0.3 is 14.8 Å². The van der Waals surface area contributed by atoms with Gasteiger partial charge in [-0.25, -0.2) is 0 Å². The fraction of sp³-hybridized carbons (Fsp3) is 0.214. The number of fused-ring (bicyclic) bond motifs is 1. The molecule has 0 radical (unpaired) electrons. The van der Waals surface area contributed by atoms with Crippen molar-refractivity contribution in [2.24, 2.45) is 7.05 Å². The Hall–Kier alpha value is -3.86. The zero-order chi connectivity index (χ0) is 22.8. The molecule has 0 saturated carbocycles. The summed E-state index contributed by atoms with van der Waals surface area (Å²) in [6.07, 6.45) is 2.51. The van der Waals surface area contributed by atoms with Gasteiger partial charge in [-0.05, 0) is 29.2 Å². The molecule has 0 bridgehead atoms. The van der Waals surface area contributed by atoms with E-state index in [1.165, 1.54) is 0 Å². The summed E-state index contributed by atoms with van der Waals surface area (Å²) >= 11 is 0. The van der Waals surface area contributed by atoms with Crippen LogP contribution in [-0.2, 0) is 29.7 Å². The third-order valence-corrected chi connectivity index (χ3v) is 6.53. The van der Waals surface area contributed by atoms with Crippen LogP contribution in [0.15, 0.2) is 91.1 Å². The number of amides is 2. The number of aromatic nitrogens is 1. The minimum absolute atomic E-state index is 0.00932. The number of aryl methyl sites for hydroxylation is 1. The lowest BCUT2D eigenvalue weighted by molar-refractivity contribution is -0.136.